The van der Waals surface area contributed by atoms with Crippen molar-refractivity contribution >= 4 is 11.8 Å². The van der Waals surface area contributed by atoms with Gasteiger partial charge in [0, 0.05) is 30.5 Å². The van der Waals surface area contributed by atoms with E-state index in [0.29, 0.717) is 5.95 Å². The highest BCUT2D eigenvalue weighted by molar-refractivity contribution is 5.45. The van der Waals surface area contributed by atoms with Crippen LogP contribution in [-0.2, 0) is 13.0 Å². The first-order valence-corrected chi connectivity index (χ1v) is 6.45. The Balaban J connectivity index is 1.99. The van der Waals surface area contributed by atoms with Crippen LogP contribution in [0.2, 0.25) is 0 Å². The second-order valence-corrected chi connectivity index (χ2v) is 4.49. The van der Waals surface area contributed by atoms with Crippen LogP contribution >= 0.6 is 0 Å². The van der Waals surface area contributed by atoms with Crippen LogP contribution in [0.1, 0.15) is 23.9 Å². The van der Waals surface area contributed by atoms with Crippen molar-refractivity contribution in [2.24, 2.45) is 0 Å². The molecule has 0 aliphatic heterocycles. The maximum atomic E-state index is 5.62. The van der Waals surface area contributed by atoms with E-state index in [1.165, 1.54) is 5.69 Å². The molecule has 102 valence electrons. The van der Waals surface area contributed by atoms with E-state index in [2.05, 4.69) is 38.7 Å². The van der Waals surface area contributed by atoms with Gasteiger partial charge in [-0.2, -0.15) is 4.98 Å². The minimum atomic E-state index is 0.300. The topological polar surface area (TPSA) is 81.6 Å². The molecule has 6 heteroatoms. The van der Waals surface area contributed by atoms with E-state index in [-0.39, 0.29) is 0 Å². The van der Waals surface area contributed by atoms with Gasteiger partial charge in [0.05, 0.1) is 12.0 Å². The lowest BCUT2D eigenvalue weighted by molar-refractivity contribution is 0.703. The first-order chi connectivity index (χ1) is 9.11. The Morgan fingerprint density at radius 2 is 2.11 bits per heavy atom. The summed E-state index contributed by atoms with van der Waals surface area (Å²) in [5, 5.41) is 3.31. The van der Waals surface area contributed by atoms with Gasteiger partial charge in [0.2, 0.25) is 5.95 Å². The van der Waals surface area contributed by atoms with Crippen LogP contribution in [0.25, 0.3) is 0 Å². The van der Waals surface area contributed by atoms with Gasteiger partial charge in [-0.15, -0.1) is 0 Å². The average Bonchev–Trinajstić information content (AvgIpc) is 2.71. The monoisotopic (exact) mass is 260 g/mol. The van der Waals surface area contributed by atoms with Crippen LogP contribution in [0.3, 0.4) is 0 Å². The second kappa shape index (κ2) is 5.69. The molecule has 0 aromatic carbocycles. The predicted molar refractivity (Wildman–Crippen MR) is 76.0 cm³/mol. The number of hydrogen-bond acceptors (Lipinski definition) is 5. The van der Waals surface area contributed by atoms with Crippen molar-refractivity contribution in [1.29, 1.82) is 0 Å². The summed E-state index contributed by atoms with van der Waals surface area (Å²) in [7, 11) is 0. The van der Waals surface area contributed by atoms with Gasteiger partial charge in [-0.05, 0) is 20.3 Å². The molecule has 0 atom stereocenters. The summed E-state index contributed by atoms with van der Waals surface area (Å²) < 4.78 is 2.12. The molecule has 0 spiro atoms. The number of aryl methyl sites for hydroxylation is 2. The Morgan fingerprint density at radius 3 is 2.74 bits per heavy atom. The van der Waals surface area contributed by atoms with Gasteiger partial charge in [-0.1, -0.05) is 6.92 Å². The zero-order valence-corrected chi connectivity index (χ0v) is 11.6. The Morgan fingerprint density at radius 1 is 1.32 bits per heavy atom. The quantitative estimate of drug-likeness (QED) is 0.852. The lowest BCUT2D eigenvalue weighted by Gasteiger charge is -2.11. The van der Waals surface area contributed by atoms with Gasteiger partial charge in [0.25, 0.3) is 0 Å². The third-order valence-corrected chi connectivity index (χ3v) is 3.25. The highest BCUT2D eigenvalue weighted by Crippen LogP contribution is 2.13. The van der Waals surface area contributed by atoms with Crippen LogP contribution in [-0.4, -0.2) is 26.1 Å². The first-order valence-electron chi connectivity index (χ1n) is 6.45. The third kappa shape index (κ3) is 3.01. The third-order valence-electron chi connectivity index (χ3n) is 3.25. The Hall–Kier alpha value is -2.11. The molecule has 0 aliphatic rings. The van der Waals surface area contributed by atoms with Crippen molar-refractivity contribution in [3.8, 4) is 0 Å². The zero-order valence-electron chi connectivity index (χ0n) is 11.6. The van der Waals surface area contributed by atoms with E-state index in [4.69, 9.17) is 5.73 Å². The molecule has 19 heavy (non-hydrogen) atoms. The molecule has 0 radical (unpaired) electrons. The van der Waals surface area contributed by atoms with Crippen molar-refractivity contribution in [2.75, 3.05) is 17.6 Å². The molecule has 2 aromatic heterocycles. The maximum absolute atomic E-state index is 5.62. The summed E-state index contributed by atoms with van der Waals surface area (Å²) >= 11 is 0. The standard InChI is InChI=1S/C13H20N6/c1-4-11-7-16-13(14)18-12(11)15-5-6-19-8-17-9(2)10(19)3/h7-8H,4-6H2,1-3H3,(H3,14,15,16,18). The first kappa shape index (κ1) is 13.3. The highest BCUT2D eigenvalue weighted by atomic mass is 15.1. The number of imidazole rings is 1. The van der Waals surface area contributed by atoms with Crippen molar-refractivity contribution in [3.63, 3.8) is 0 Å². The molecule has 0 saturated carbocycles. The van der Waals surface area contributed by atoms with Gasteiger partial charge in [-0.3, -0.25) is 0 Å². The Labute approximate surface area is 113 Å². The molecule has 0 amide bonds. The smallest absolute Gasteiger partial charge is 0.221 e. The van der Waals surface area contributed by atoms with E-state index in [0.717, 1.165) is 36.6 Å². The number of nitrogen functional groups attached to an aromatic ring is 1. The van der Waals surface area contributed by atoms with Crippen molar-refractivity contribution in [3.05, 3.63) is 29.5 Å². The fourth-order valence-electron chi connectivity index (χ4n) is 1.90. The van der Waals surface area contributed by atoms with Crippen LogP contribution in [0.5, 0.6) is 0 Å². The predicted octanol–water partition coefficient (Wildman–Crippen LogP) is 1.55. The lowest BCUT2D eigenvalue weighted by Crippen LogP contribution is -2.14. The summed E-state index contributed by atoms with van der Waals surface area (Å²) in [6, 6.07) is 0. The maximum Gasteiger partial charge on any atom is 0.221 e. The van der Waals surface area contributed by atoms with E-state index in [1.54, 1.807) is 6.20 Å². The minimum Gasteiger partial charge on any atom is -0.368 e. The molecule has 2 heterocycles. The molecular weight excluding hydrogens is 240 g/mol. The van der Waals surface area contributed by atoms with Crippen LogP contribution in [0.4, 0.5) is 11.8 Å². The number of aromatic nitrogens is 4. The molecule has 2 rings (SSSR count). The molecular formula is C13H20N6. The molecule has 0 fully saturated rings. The molecule has 6 nitrogen and oxygen atoms in total. The van der Waals surface area contributed by atoms with Crippen molar-refractivity contribution in [2.45, 2.75) is 33.7 Å². The summed E-state index contributed by atoms with van der Waals surface area (Å²) in [5.74, 6) is 1.12. The number of hydrogen-bond donors (Lipinski definition) is 2. The minimum absolute atomic E-state index is 0.300. The van der Waals surface area contributed by atoms with E-state index in [9.17, 15) is 0 Å². The number of anilines is 2. The van der Waals surface area contributed by atoms with E-state index in [1.807, 2.05) is 13.3 Å². The van der Waals surface area contributed by atoms with Crippen LogP contribution in [0, 0.1) is 13.8 Å². The summed E-state index contributed by atoms with van der Waals surface area (Å²) in [6.07, 6.45) is 4.52. The van der Waals surface area contributed by atoms with Gasteiger partial charge >= 0.3 is 0 Å². The second-order valence-electron chi connectivity index (χ2n) is 4.49. The highest BCUT2D eigenvalue weighted by Gasteiger charge is 2.05. The molecule has 2 aromatic rings. The molecule has 0 bridgehead atoms. The Bertz CT molecular complexity index is 560. The van der Waals surface area contributed by atoms with Crippen molar-refractivity contribution in [1.82, 2.24) is 19.5 Å². The summed E-state index contributed by atoms with van der Waals surface area (Å²) in [6.45, 7) is 7.78. The van der Waals surface area contributed by atoms with E-state index >= 15 is 0 Å². The average molecular weight is 260 g/mol. The van der Waals surface area contributed by atoms with E-state index < -0.39 is 0 Å². The fraction of sp³-hybridized carbons (Fsp3) is 0.462. The van der Waals surface area contributed by atoms with Crippen LogP contribution < -0.4 is 11.1 Å². The number of nitrogens with two attached hydrogens (primary N) is 1. The molecule has 3 N–H and O–H groups in total. The molecule has 0 aliphatic carbocycles. The number of nitrogens with zero attached hydrogens (tertiary/aromatic N) is 4. The van der Waals surface area contributed by atoms with Crippen LogP contribution in [0.15, 0.2) is 12.5 Å². The number of nitrogens with one attached hydrogen (secondary N) is 1. The van der Waals surface area contributed by atoms with Gasteiger partial charge < -0.3 is 15.6 Å². The van der Waals surface area contributed by atoms with Gasteiger partial charge in [-0.25, -0.2) is 9.97 Å². The lowest BCUT2D eigenvalue weighted by atomic mass is 10.2. The summed E-state index contributed by atoms with van der Waals surface area (Å²) in [5.41, 5.74) is 8.96. The van der Waals surface area contributed by atoms with Gasteiger partial charge in [0.1, 0.15) is 5.82 Å². The largest absolute Gasteiger partial charge is 0.368 e. The fourth-order valence-corrected chi connectivity index (χ4v) is 1.90. The normalized spacial score (nSPS) is 10.7. The van der Waals surface area contributed by atoms with Crippen molar-refractivity contribution < 1.29 is 0 Å². The Kier molecular flexibility index (Phi) is 3.99. The SMILES string of the molecule is CCc1cnc(N)nc1NCCn1cnc(C)c1C. The molecule has 0 unspecified atom stereocenters. The molecule has 0 saturated heterocycles. The number of rotatable bonds is 5. The zero-order chi connectivity index (χ0) is 13.8. The summed E-state index contributed by atoms with van der Waals surface area (Å²) in [4.78, 5) is 12.5. The van der Waals surface area contributed by atoms with Gasteiger partial charge in [0.15, 0.2) is 0 Å².